The standard InChI is InChI=1S/C18H20N2O5/c1-18(2,3)25-17(24)10-6-7-11-12(9-10)16(23)20(15(11)22)13-5-4-8-19-14(13)21/h6-7,9,13H,4-5,8H2,1-3H3,(H,19,21). The van der Waals surface area contributed by atoms with E-state index in [9.17, 15) is 19.2 Å². The average Bonchev–Trinajstić information content (AvgIpc) is 2.78. The first-order valence-corrected chi connectivity index (χ1v) is 8.22. The number of fused-ring (bicyclic) bond motifs is 1. The van der Waals surface area contributed by atoms with E-state index in [-0.39, 0.29) is 22.6 Å². The van der Waals surface area contributed by atoms with E-state index in [4.69, 9.17) is 4.74 Å². The van der Waals surface area contributed by atoms with Crippen molar-refractivity contribution in [2.45, 2.75) is 45.3 Å². The molecule has 1 atom stereocenters. The fraction of sp³-hybridized carbons (Fsp3) is 0.444. The molecule has 2 heterocycles. The summed E-state index contributed by atoms with van der Waals surface area (Å²) in [5, 5.41) is 2.67. The van der Waals surface area contributed by atoms with E-state index >= 15 is 0 Å². The summed E-state index contributed by atoms with van der Waals surface area (Å²) < 4.78 is 5.29. The van der Waals surface area contributed by atoms with Crippen LogP contribution in [0.25, 0.3) is 0 Å². The molecule has 7 heteroatoms. The Morgan fingerprint density at radius 2 is 1.84 bits per heavy atom. The highest BCUT2D eigenvalue weighted by atomic mass is 16.6. The summed E-state index contributed by atoms with van der Waals surface area (Å²) in [5.74, 6) is -1.94. The Kier molecular flexibility index (Phi) is 4.10. The number of benzene rings is 1. The van der Waals surface area contributed by atoms with Gasteiger partial charge in [-0.05, 0) is 51.8 Å². The number of hydrogen-bond donors (Lipinski definition) is 1. The van der Waals surface area contributed by atoms with E-state index in [0.29, 0.717) is 19.4 Å². The van der Waals surface area contributed by atoms with Gasteiger partial charge in [-0.15, -0.1) is 0 Å². The molecule has 1 saturated heterocycles. The molecule has 1 aromatic carbocycles. The first-order valence-electron chi connectivity index (χ1n) is 8.22. The Morgan fingerprint density at radius 3 is 2.48 bits per heavy atom. The quantitative estimate of drug-likeness (QED) is 0.648. The highest BCUT2D eigenvalue weighted by Gasteiger charge is 2.43. The van der Waals surface area contributed by atoms with Gasteiger partial charge in [0.25, 0.3) is 11.8 Å². The second-order valence-corrected chi connectivity index (χ2v) is 7.19. The van der Waals surface area contributed by atoms with Gasteiger partial charge in [0, 0.05) is 6.54 Å². The maximum atomic E-state index is 12.7. The monoisotopic (exact) mass is 344 g/mol. The van der Waals surface area contributed by atoms with Gasteiger partial charge in [0.2, 0.25) is 5.91 Å². The highest BCUT2D eigenvalue weighted by molar-refractivity contribution is 6.23. The van der Waals surface area contributed by atoms with Crippen LogP contribution in [0.4, 0.5) is 0 Å². The lowest BCUT2D eigenvalue weighted by Crippen LogP contribution is -2.52. The Bertz CT molecular complexity index is 778. The summed E-state index contributed by atoms with van der Waals surface area (Å²) in [7, 11) is 0. The summed E-state index contributed by atoms with van der Waals surface area (Å²) in [6.45, 7) is 5.78. The lowest BCUT2D eigenvalue weighted by Gasteiger charge is -2.28. The summed E-state index contributed by atoms with van der Waals surface area (Å²) in [4.78, 5) is 50.5. The van der Waals surface area contributed by atoms with Crippen LogP contribution in [0.3, 0.4) is 0 Å². The molecule has 3 amide bonds. The molecule has 0 radical (unpaired) electrons. The van der Waals surface area contributed by atoms with Crippen molar-refractivity contribution < 1.29 is 23.9 Å². The van der Waals surface area contributed by atoms with Crippen molar-refractivity contribution in [2.75, 3.05) is 6.54 Å². The zero-order chi connectivity index (χ0) is 18.4. The van der Waals surface area contributed by atoms with Crippen LogP contribution in [0.15, 0.2) is 18.2 Å². The van der Waals surface area contributed by atoms with Crippen molar-refractivity contribution in [2.24, 2.45) is 0 Å². The number of piperidine rings is 1. The minimum Gasteiger partial charge on any atom is -0.456 e. The van der Waals surface area contributed by atoms with Crippen LogP contribution in [0.1, 0.15) is 64.7 Å². The number of nitrogens with zero attached hydrogens (tertiary/aromatic N) is 1. The molecule has 1 aromatic rings. The predicted molar refractivity (Wildman–Crippen MR) is 88.1 cm³/mol. The second kappa shape index (κ2) is 5.98. The molecule has 132 valence electrons. The molecular weight excluding hydrogens is 324 g/mol. The van der Waals surface area contributed by atoms with Gasteiger partial charge in [0.05, 0.1) is 16.7 Å². The molecule has 0 bridgehead atoms. The first-order chi connectivity index (χ1) is 11.7. The lowest BCUT2D eigenvalue weighted by atomic mass is 10.1. The van der Waals surface area contributed by atoms with Crippen molar-refractivity contribution in [1.82, 2.24) is 10.2 Å². The van der Waals surface area contributed by atoms with Crippen LogP contribution in [0.2, 0.25) is 0 Å². The summed E-state index contributed by atoms with van der Waals surface area (Å²) in [6.07, 6.45) is 1.14. The van der Waals surface area contributed by atoms with Crippen molar-refractivity contribution >= 4 is 23.7 Å². The van der Waals surface area contributed by atoms with Crippen LogP contribution >= 0.6 is 0 Å². The summed E-state index contributed by atoms with van der Waals surface area (Å²) in [6, 6.07) is 3.47. The zero-order valence-corrected chi connectivity index (χ0v) is 14.4. The molecule has 0 aromatic heterocycles. The molecule has 0 aliphatic carbocycles. The molecule has 2 aliphatic heterocycles. The van der Waals surface area contributed by atoms with Gasteiger partial charge in [-0.1, -0.05) is 0 Å². The number of carbonyl (C=O) groups is 4. The summed E-state index contributed by atoms with van der Waals surface area (Å²) in [5.41, 5.74) is -0.130. The smallest absolute Gasteiger partial charge is 0.338 e. The number of rotatable bonds is 2. The summed E-state index contributed by atoms with van der Waals surface area (Å²) >= 11 is 0. The fourth-order valence-corrected chi connectivity index (χ4v) is 3.01. The largest absolute Gasteiger partial charge is 0.456 e. The van der Waals surface area contributed by atoms with Crippen LogP contribution in [0, 0.1) is 0 Å². The van der Waals surface area contributed by atoms with Gasteiger partial charge in [0.1, 0.15) is 11.6 Å². The highest BCUT2D eigenvalue weighted by Crippen LogP contribution is 2.28. The number of hydrogen-bond acceptors (Lipinski definition) is 5. The third-order valence-corrected chi connectivity index (χ3v) is 4.12. The molecule has 25 heavy (non-hydrogen) atoms. The molecule has 1 fully saturated rings. The van der Waals surface area contributed by atoms with Gasteiger partial charge in [-0.2, -0.15) is 0 Å². The van der Waals surface area contributed by atoms with E-state index < -0.39 is 29.4 Å². The number of imide groups is 1. The molecule has 1 unspecified atom stereocenters. The van der Waals surface area contributed by atoms with Crippen LogP contribution in [-0.2, 0) is 9.53 Å². The Morgan fingerprint density at radius 1 is 1.16 bits per heavy atom. The van der Waals surface area contributed by atoms with E-state index in [1.54, 1.807) is 20.8 Å². The van der Waals surface area contributed by atoms with Crippen molar-refractivity contribution in [1.29, 1.82) is 0 Å². The Balaban J connectivity index is 1.90. The molecular formula is C18H20N2O5. The maximum absolute atomic E-state index is 12.7. The number of nitrogens with one attached hydrogen (secondary N) is 1. The van der Waals surface area contributed by atoms with Gasteiger partial charge in [0.15, 0.2) is 0 Å². The topological polar surface area (TPSA) is 92.8 Å². The van der Waals surface area contributed by atoms with Crippen LogP contribution in [0.5, 0.6) is 0 Å². The normalized spacial score (nSPS) is 20.4. The van der Waals surface area contributed by atoms with E-state index in [1.807, 2.05) is 0 Å². The first kappa shape index (κ1) is 17.1. The minimum absolute atomic E-state index is 0.131. The third kappa shape index (κ3) is 3.14. The van der Waals surface area contributed by atoms with E-state index in [1.165, 1.54) is 18.2 Å². The third-order valence-electron chi connectivity index (χ3n) is 4.12. The molecule has 3 rings (SSSR count). The molecule has 7 nitrogen and oxygen atoms in total. The number of amides is 3. The van der Waals surface area contributed by atoms with Crippen molar-refractivity contribution in [3.05, 3.63) is 34.9 Å². The van der Waals surface area contributed by atoms with Gasteiger partial charge in [-0.3, -0.25) is 19.3 Å². The molecule has 0 saturated carbocycles. The average molecular weight is 344 g/mol. The van der Waals surface area contributed by atoms with E-state index in [2.05, 4.69) is 5.32 Å². The molecule has 2 aliphatic rings. The minimum atomic E-state index is -0.800. The van der Waals surface area contributed by atoms with Crippen molar-refractivity contribution in [3.8, 4) is 0 Å². The molecule has 1 N–H and O–H groups in total. The Labute approximate surface area is 145 Å². The zero-order valence-electron chi connectivity index (χ0n) is 14.4. The van der Waals surface area contributed by atoms with Crippen molar-refractivity contribution in [3.63, 3.8) is 0 Å². The van der Waals surface area contributed by atoms with Gasteiger partial charge in [-0.25, -0.2) is 4.79 Å². The van der Waals surface area contributed by atoms with E-state index in [0.717, 1.165) is 4.90 Å². The van der Waals surface area contributed by atoms with Gasteiger partial charge < -0.3 is 10.1 Å². The SMILES string of the molecule is CC(C)(C)OC(=O)c1ccc2c(c1)C(=O)N(C1CCCNC1=O)C2=O. The van der Waals surface area contributed by atoms with Gasteiger partial charge >= 0.3 is 5.97 Å². The number of carbonyl (C=O) groups excluding carboxylic acids is 4. The maximum Gasteiger partial charge on any atom is 0.338 e. The van der Waals surface area contributed by atoms with Crippen LogP contribution < -0.4 is 5.32 Å². The number of esters is 1. The van der Waals surface area contributed by atoms with Crippen LogP contribution in [-0.4, -0.2) is 46.8 Å². The number of ether oxygens (including phenoxy) is 1. The predicted octanol–water partition coefficient (Wildman–Crippen LogP) is 1.52. The second-order valence-electron chi connectivity index (χ2n) is 7.19. The lowest BCUT2D eigenvalue weighted by molar-refractivity contribution is -0.126. The Hall–Kier alpha value is -2.70. The fourth-order valence-electron chi connectivity index (χ4n) is 3.01. The molecule has 0 spiro atoms.